The van der Waals surface area contributed by atoms with Crippen molar-refractivity contribution in [3.63, 3.8) is 0 Å². The molecule has 1 fully saturated rings. The molecule has 0 radical (unpaired) electrons. The normalized spacial score (nSPS) is 20.4. The Labute approximate surface area is 90.2 Å². The highest BCUT2D eigenvalue weighted by atomic mass is 28.3. The average Bonchev–Trinajstić information content (AvgIpc) is 2.72. The van der Waals surface area contributed by atoms with Gasteiger partial charge in [-0.3, -0.25) is 0 Å². The second kappa shape index (κ2) is 11.2. The van der Waals surface area contributed by atoms with Crippen molar-refractivity contribution >= 4 is 10.0 Å². The summed E-state index contributed by atoms with van der Waals surface area (Å²) in [6.07, 6.45) is 4.36. The zero-order valence-corrected chi connectivity index (χ0v) is 11.2. The molecule has 1 atom stereocenters. The lowest BCUT2D eigenvalue weighted by atomic mass is 10.2. The smallest absolute Gasteiger partial charge is 0.304 e. The fourth-order valence-corrected chi connectivity index (χ4v) is 1.64. The first-order chi connectivity index (χ1) is 6.85. The summed E-state index contributed by atoms with van der Waals surface area (Å²) in [6.45, 7) is 8.73. The Morgan fingerprint density at radius 2 is 1.86 bits per heavy atom. The number of hydrogen-bond donors (Lipinski definition) is 0. The molecule has 1 rings (SSSR count). The van der Waals surface area contributed by atoms with E-state index >= 15 is 0 Å². The summed E-state index contributed by atoms with van der Waals surface area (Å²) >= 11 is 0. The summed E-state index contributed by atoms with van der Waals surface area (Å²) in [5.74, 6) is 0. The van der Waals surface area contributed by atoms with Crippen molar-refractivity contribution in [1.82, 2.24) is 0 Å². The minimum absolute atomic E-state index is 0.589. The molecule has 1 aliphatic heterocycles. The van der Waals surface area contributed by atoms with Gasteiger partial charge in [-0.05, 0) is 33.1 Å². The van der Waals surface area contributed by atoms with Gasteiger partial charge >= 0.3 is 10.0 Å². The third kappa shape index (κ3) is 8.68. The van der Waals surface area contributed by atoms with Crippen molar-refractivity contribution in [3.05, 3.63) is 0 Å². The van der Waals surface area contributed by atoms with Crippen molar-refractivity contribution in [2.24, 2.45) is 0 Å². The maximum Gasteiger partial charge on any atom is 0.304 e. The molecule has 0 aromatic rings. The highest BCUT2D eigenvalue weighted by Crippen LogP contribution is 2.13. The van der Waals surface area contributed by atoms with Crippen molar-refractivity contribution < 1.29 is 13.6 Å². The zero-order chi connectivity index (χ0) is 10.6. The molecule has 1 heterocycles. The summed E-state index contributed by atoms with van der Waals surface area (Å²) in [5.41, 5.74) is 0. The summed E-state index contributed by atoms with van der Waals surface area (Å²) < 4.78 is 15.3. The molecule has 0 aromatic carbocycles. The Morgan fingerprint density at radius 3 is 2.14 bits per heavy atom. The van der Waals surface area contributed by atoms with E-state index in [1.54, 1.807) is 0 Å². The van der Waals surface area contributed by atoms with Gasteiger partial charge < -0.3 is 13.6 Å². The van der Waals surface area contributed by atoms with Gasteiger partial charge in [0.05, 0.1) is 6.10 Å². The van der Waals surface area contributed by atoms with Crippen LogP contribution in [0.5, 0.6) is 0 Å². The molecule has 0 amide bonds. The summed E-state index contributed by atoms with van der Waals surface area (Å²) in [7, 11) is -0.589. The molecule has 0 spiro atoms. The van der Waals surface area contributed by atoms with Crippen LogP contribution < -0.4 is 0 Å². The van der Waals surface area contributed by atoms with E-state index in [4.69, 9.17) is 13.6 Å². The average molecular weight is 220 g/mol. The van der Waals surface area contributed by atoms with Gasteiger partial charge in [0.1, 0.15) is 0 Å². The minimum Gasteiger partial charge on any atom is -0.399 e. The minimum atomic E-state index is -0.589. The maximum atomic E-state index is 5.30. The van der Waals surface area contributed by atoms with Crippen molar-refractivity contribution in [3.8, 4) is 0 Å². The van der Waals surface area contributed by atoms with Crippen LogP contribution in [0.3, 0.4) is 0 Å². The van der Waals surface area contributed by atoms with Crippen LogP contribution in [0.1, 0.15) is 40.0 Å². The van der Waals surface area contributed by atoms with Crippen molar-refractivity contribution in [2.45, 2.75) is 46.1 Å². The standard InChI is InChI=1S/C6H12O.C4H12O2Si/c1-2-6-4-3-5-7-6;1-3-5-7-6-4-2/h6H,2-5H2,1H3;3-4,7H2,1-2H3. The molecule has 4 heteroatoms. The fourth-order valence-electron chi connectivity index (χ4n) is 1.19. The Morgan fingerprint density at radius 1 is 1.21 bits per heavy atom. The van der Waals surface area contributed by atoms with E-state index in [0.717, 1.165) is 19.8 Å². The van der Waals surface area contributed by atoms with E-state index < -0.39 is 10.0 Å². The quantitative estimate of drug-likeness (QED) is 0.521. The molecule has 0 aliphatic carbocycles. The molecule has 1 unspecified atom stereocenters. The maximum absolute atomic E-state index is 5.30. The van der Waals surface area contributed by atoms with E-state index in [0.29, 0.717) is 6.10 Å². The molecule has 0 bridgehead atoms. The second-order valence-corrected chi connectivity index (χ2v) is 4.20. The van der Waals surface area contributed by atoms with Gasteiger partial charge in [0.15, 0.2) is 0 Å². The SMILES string of the molecule is CCC1CCCO1.CCO[SiH2]OCC. The first kappa shape index (κ1) is 14.1. The molecule has 86 valence electrons. The lowest BCUT2D eigenvalue weighted by Crippen LogP contribution is -2.02. The van der Waals surface area contributed by atoms with Gasteiger partial charge in [-0.2, -0.15) is 0 Å². The topological polar surface area (TPSA) is 27.7 Å². The summed E-state index contributed by atoms with van der Waals surface area (Å²) in [5, 5.41) is 0. The third-order valence-corrected chi connectivity index (χ3v) is 3.20. The summed E-state index contributed by atoms with van der Waals surface area (Å²) in [6, 6.07) is 0. The number of ether oxygens (including phenoxy) is 1. The van der Waals surface area contributed by atoms with E-state index in [-0.39, 0.29) is 0 Å². The summed E-state index contributed by atoms with van der Waals surface area (Å²) in [4.78, 5) is 0. The Balaban J connectivity index is 0.000000241. The van der Waals surface area contributed by atoms with E-state index in [2.05, 4.69) is 6.92 Å². The molecular weight excluding hydrogens is 196 g/mol. The van der Waals surface area contributed by atoms with Gasteiger partial charge in [0.2, 0.25) is 0 Å². The first-order valence-electron chi connectivity index (χ1n) is 5.62. The Hall–Kier alpha value is 0.0969. The van der Waals surface area contributed by atoms with Crippen LogP contribution in [0.2, 0.25) is 0 Å². The molecule has 0 N–H and O–H groups in total. The molecule has 1 aliphatic rings. The Bertz CT molecular complexity index is 102. The number of hydrogen-bond acceptors (Lipinski definition) is 3. The van der Waals surface area contributed by atoms with Crippen LogP contribution in [-0.2, 0) is 13.6 Å². The monoisotopic (exact) mass is 220 g/mol. The van der Waals surface area contributed by atoms with Crippen LogP contribution in [0.4, 0.5) is 0 Å². The lowest BCUT2D eigenvalue weighted by molar-refractivity contribution is 0.108. The number of rotatable bonds is 5. The highest BCUT2D eigenvalue weighted by Gasteiger charge is 2.11. The van der Waals surface area contributed by atoms with Crippen molar-refractivity contribution in [1.29, 1.82) is 0 Å². The Kier molecular flexibility index (Phi) is 11.3. The van der Waals surface area contributed by atoms with Crippen LogP contribution >= 0.6 is 0 Å². The molecule has 0 saturated carbocycles. The first-order valence-corrected chi connectivity index (χ1v) is 6.77. The predicted octanol–water partition coefficient (Wildman–Crippen LogP) is 1.63. The van der Waals surface area contributed by atoms with Crippen LogP contribution in [0.15, 0.2) is 0 Å². The van der Waals surface area contributed by atoms with Crippen LogP contribution in [0, 0.1) is 0 Å². The second-order valence-electron chi connectivity index (χ2n) is 3.15. The van der Waals surface area contributed by atoms with E-state index in [1.807, 2.05) is 13.8 Å². The van der Waals surface area contributed by atoms with Gasteiger partial charge in [-0.1, -0.05) is 6.92 Å². The van der Waals surface area contributed by atoms with E-state index in [1.165, 1.54) is 19.3 Å². The molecular formula is C10H24O3Si. The van der Waals surface area contributed by atoms with Crippen molar-refractivity contribution in [2.75, 3.05) is 19.8 Å². The predicted molar refractivity (Wildman–Crippen MR) is 61.1 cm³/mol. The van der Waals surface area contributed by atoms with Gasteiger partial charge in [0, 0.05) is 19.8 Å². The van der Waals surface area contributed by atoms with Gasteiger partial charge in [0.25, 0.3) is 0 Å². The lowest BCUT2D eigenvalue weighted by Gasteiger charge is -2.01. The van der Waals surface area contributed by atoms with E-state index in [9.17, 15) is 0 Å². The van der Waals surface area contributed by atoms with Crippen LogP contribution in [-0.4, -0.2) is 35.9 Å². The zero-order valence-electron chi connectivity index (χ0n) is 9.75. The van der Waals surface area contributed by atoms with Gasteiger partial charge in [-0.25, -0.2) is 0 Å². The molecule has 0 aromatic heterocycles. The fraction of sp³-hybridized carbons (Fsp3) is 1.00. The molecule has 14 heavy (non-hydrogen) atoms. The molecule has 1 saturated heterocycles. The highest BCUT2D eigenvalue weighted by molar-refractivity contribution is 6.17. The molecule has 3 nitrogen and oxygen atoms in total. The van der Waals surface area contributed by atoms with Crippen LogP contribution in [0.25, 0.3) is 0 Å². The largest absolute Gasteiger partial charge is 0.399 e. The third-order valence-electron chi connectivity index (χ3n) is 2.05. The van der Waals surface area contributed by atoms with Gasteiger partial charge in [-0.15, -0.1) is 0 Å².